The number of nitrogens with one attached hydrogen (secondary N) is 1. The van der Waals surface area contributed by atoms with Crippen LogP contribution in [-0.4, -0.2) is 24.0 Å². The van der Waals surface area contributed by atoms with Crippen molar-refractivity contribution < 1.29 is 4.42 Å². The number of rotatable bonds is 10. The number of nitrogens with zero attached hydrogens (tertiary/aromatic N) is 1. The van der Waals surface area contributed by atoms with Crippen LogP contribution in [0, 0.1) is 5.92 Å². The lowest BCUT2D eigenvalue weighted by Gasteiger charge is -2.24. The summed E-state index contributed by atoms with van der Waals surface area (Å²) >= 11 is 0. The average Bonchev–Trinajstić information content (AvgIpc) is 3.20. The third-order valence-electron chi connectivity index (χ3n) is 4.48. The topological polar surface area (TPSA) is 28.4 Å². The Hall–Kier alpha value is -0.800. The van der Waals surface area contributed by atoms with Gasteiger partial charge in [-0.2, -0.15) is 0 Å². The Morgan fingerprint density at radius 1 is 1.30 bits per heavy atom. The van der Waals surface area contributed by atoms with Crippen LogP contribution in [0.25, 0.3) is 0 Å². The number of hydrogen-bond acceptors (Lipinski definition) is 3. The van der Waals surface area contributed by atoms with Gasteiger partial charge in [0.2, 0.25) is 0 Å². The van der Waals surface area contributed by atoms with Gasteiger partial charge in [-0.1, -0.05) is 33.6 Å². The summed E-state index contributed by atoms with van der Waals surface area (Å²) in [6.45, 7) is 11.0. The molecule has 1 N–H and O–H groups in total. The molecule has 1 aromatic heterocycles. The van der Waals surface area contributed by atoms with Crippen LogP contribution < -0.4 is 5.32 Å². The molecule has 0 aromatic carbocycles. The first kappa shape index (κ1) is 15.6. The Morgan fingerprint density at radius 3 is 2.65 bits per heavy atom. The third kappa shape index (κ3) is 4.64. The first-order chi connectivity index (χ1) is 9.76. The smallest absolute Gasteiger partial charge is 0.122 e. The van der Waals surface area contributed by atoms with E-state index < -0.39 is 0 Å². The predicted molar refractivity (Wildman–Crippen MR) is 83.6 cm³/mol. The lowest BCUT2D eigenvalue weighted by Crippen LogP contribution is -2.29. The van der Waals surface area contributed by atoms with Gasteiger partial charge in [-0.25, -0.2) is 0 Å². The summed E-state index contributed by atoms with van der Waals surface area (Å²) in [4.78, 5) is 2.51. The van der Waals surface area contributed by atoms with Gasteiger partial charge in [0.15, 0.2) is 0 Å². The van der Waals surface area contributed by atoms with E-state index in [1.54, 1.807) is 0 Å². The molecule has 114 valence electrons. The van der Waals surface area contributed by atoms with Crippen LogP contribution in [0.5, 0.6) is 0 Å². The van der Waals surface area contributed by atoms with E-state index in [1.165, 1.54) is 37.8 Å². The van der Waals surface area contributed by atoms with Crippen molar-refractivity contribution in [3.63, 3.8) is 0 Å². The lowest BCUT2D eigenvalue weighted by molar-refractivity contribution is 0.210. The number of hydrogen-bond donors (Lipinski definition) is 1. The molecule has 1 heterocycles. The predicted octanol–water partition coefficient (Wildman–Crippen LogP) is 3.79. The van der Waals surface area contributed by atoms with E-state index >= 15 is 0 Å². The molecule has 3 nitrogen and oxygen atoms in total. The first-order valence-corrected chi connectivity index (χ1v) is 8.27. The molecule has 1 fully saturated rings. The van der Waals surface area contributed by atoms with E-state index in [-0.39, 0.29) is 0 Å². The van der Waals surface area contributed by atoms with Gasteiger partial charge in [-0.3, -0.25) is 4.90 Å². The molecule has 1 aliphatic carbocycles. The van der Waals surface area contributed by atoms with Crippen molar-refractivity contribution >= 4 is 0 Å². The van der Waals surface area contributed by atoms with E-state index in [9.17, 15) is 0 Å². The fourth-order valence-corrected chi connectivity index (χ4v) is 2.63. The van der Waals surface area contributed by atoms with E-state index in [4.69, 9.17) is 4.42 Å². The fraction of sp³-hybridized carbons (Fsp3) is 0.765. The lowest BCUT2D eigenvalue weighted by atomic mass is 10.0. The largest absolute Gasteiger partial charge is 0.468 e. The Morgan fingerprint density at radius 2 is 2.05 bits per heavy atom. The molecule has 2 rings (SSSR count). The van der Waals surface area contributed by atoms with Crippen molar-refractivity contribution in [1.82, 2.24) is 10.2 Å². The van der Waals surface area contributed by atoms with E-state index in [2.05, 4.69) is 37.1 Å². The van der Waals surface area contributed by atoms with Gasteiger partial charge in [0, 0.05) is 24.7 Å². The van der Waals surface area contributed by atoms with Crippen LogP contribution in [0.15, 0.2) is 16.7 Å². The fourth-order valence-electron chi connectivity index (χ4n) is 2.63. The van der Waals surface area contributed by atoms with Crippen LogP contribution in [0.4, 0.5) is 0 Å². The van der Waals surface area contributed by atoms with Crippen molar-refractivity contribution in [2.24, 2.45) is 5.92 Å². The SMILES string of the molecule is CCC(CC)CN(CC)Cc1occc1CNC1CC1. The Bertz CT molecular complexity index is 380. The molecule has 0 spiro atoms. The maximum atomic E-state index is 5.72. The third-order valence-corrected chi connectivity index (χ3v) is 4.48. The van der Waals surface area contributed by atoms with Crippen LogP contribution >= 0.6 is 0 Å². The molecular weight excluding hydrogens is 248 g/mol. The molecule has 1 aliphatic rings. The summed E-state index contributed by atoms with van der Waals surface area (Å²) < 4.78 is 5.72. The monoisotopic (exact) mass is 278 g/mol. The summed E-state index contributed by atoms with van der Waals surface area (Å²) in [5.41, 5.74) is 1.33. The van der Waals surface area contributed by atoms with E-state index in [0.29, 0.717) is 0 Å². The number of furan rings is 1. The minimum atomic E-state index is 0.754. The zero-order valence-electron chi connectivity index (χ0n) is 13.3. The maximum absolute atomic E-state index is 5.72. The van der Waals surface area contributed by atoms with Gasteiger partial charge in [0.25, 0.3) is 0 Å². The van der Waals surface area contributed by atoms with Gasteiger partial charge in [0.05, 0.1) is 12.8 Å². The molecule has 1 saturated carbocycles. The van der Waals surface area contributed by atoms with Crippen LogP contribution in [0.2, 0.25) is 0 Å². The molecule has 0 saturated heterocycles. The van der Waals surface area contributed by atoms with Crippen molar-refractivity contribution in [3.05, 3.63) is 23.7 Å². The molecule has 20 heavy (non-hydrogen) atoms. The van der Waals surface area contributed by atoms with Crippen LogP contribution in [0.3, 0.4) is 0 Å². The van der Waals surface area contributed by atoms with E-state index in [0.717, 1.165) is 37.4 Å². The Kier molecular flexibility index (Phi) is 6.11. The second-order valence-corrected chi connectivity index (χ2v) is 6.03. The first-order valence-electron chi connectivity index (χ1n) is 8.27. The van der Waals surface area contributed by atoms with Crippen molar-refractivity contribution in [2.45, 2.75) is 65.6 Å². The molecule has 0 unspecified atom stereocenters. The highest BCUT2D eigenvalue weighted by atomic mass is 16.3. The van der Waals surface area contributed by atoms with Gasteiger partial charge in [-0.05, 0) is 31.4 Å². The second-order valence-electron chi connectivity index (χ2n) is 6.03. The van der Waals surface area contributed by atoms with Crippen LogP contribution in [0.1, 0.15) is 57.8 Å². The molecule has 3 heteroatoms. The summed E-state index contributed by atoms with van der Waals surface area (Å²) in [7, 11) is 0. The molecular formula is C17H30N2O. The normalized spacial score (nSPS) is 15.4. The highest BCUT2D eigenvalue weighted by Gasteiger charge is 2.21. The average molecular weight is 278 g/mol. The molecule has 0 amide bonds. The minimum absolute atomic E-state index is 0.754. The highest BCUT2D eigenvalue weighted by molar-refractivity contribution is 5.17. The minimum Gasteiger partial charge on any atom is -0.468 e. The summed E-state index contributed by atoms with van der Waals surface area (Å²) in [5, 5.41) is 3.58. The standard InChI is InChI=1S/C17H30N2O/c1-4-14(5-2)12-19(6-3)13-17-15(9-10-20-17)11-18-16-7-8-16/h9-10,14,16,18H,4-8,11-13H2,1-3H3. The van der Waals surface area contributed by atoms with Gasteiger partial charge in [0.1, 0.15) is 5.76 Å². The molecule has 0 radical (unpaired) electrons. The summed E-state index contributed by atoms with van der Waals surface area (Å²) in [5.74, 6) is 1.95. The molecule has 0 aliphatic heterocycles. The zero-order chi connectivity index (χ0) is 14.4. The van der Waals surface area contributed by atoms with Crippen LogP contribution in [-0.2, 0) is 13.1 Å². The van der Waals surface area contributed by atoms with Crippen molar-refractivity contribution in [1.29, 1.82) is 0 Å². The summed E-state index contributed by atoms with van der Waals surface area (Å²) in [6.07, 6.45) is 7.04. The molecule has 1 aromatic rings. The second kappa shape index (κ2) is 7.84. The van der Waals surface area contributed by atoms with Gasteiger partial charge in [-0.15, -0.1) is 0 Å². The highest BCUT2D eigenvalue weighted by Crippen LogP contribution is 2.21. The Balaban J connectivity index is 1.87. The van der Waals surface area contributed by atoms with Crippen molar-refractivity contribution in [2.75, 3.05) is 13.1 Å². The Labute approximate surface area is 123 Å². The molecule has 0 atom stereocenters. The van der Waals surface area contributed by atoms with Gasteiger partial charge < -0.3 is 9.73 Å². The van der Waals surface area contributed by atoms with E-state index in [1.807, 2.05) is 6.26 Å². The summed E-state index contributed by atoms with van der Waals surface area (Å²) in [6, 6.07) is 2.87. The zero-order valence-corrected chi connectivity index (χ0v) is 13.3. The van der Waals surface area contributed by atoms with Crippen molar-refractivity contribution in [3.8, 4) is 0 Å². The van der Waals surface area contributed by atoms with Gasteiger partial charge >= 0.3 is 0 Å². The quantitative estimate of drug-likeness (QED) is 0.706. The molecule has 0 bridgehead atoms. The maximum Gasteiger partial charge on any atom is 0.122 e.